The lowest BCUT2D eigenvalue weighted by Gasteiger charge is -2.13. The lowest BCUT2D eigenvalue weighted by Crippen LogP contribution is -2.13. The summed E-state index contributed by atoms with van der Waals surface area (Å²) in [6.45, 7) is 4.20. The molecule has 0 aliphatic rings. The molecule has 2 N–H and O–H groups in total. The van der Waals surface area contributed by atoms with Crippen molar-refractivity contribution in [1.29, 1.82) is 0 Å². The predicted molar refractivity (Wildman–Crippen MR) is 69.8 cm³/mol. The zero-order chi connectivity index (χ0) is 12.4. The van der Waals surface area contributed by atoms with E-state index in [1.807, 2.05) is 24.9 Å². The maximum absolute atomic E-state index is 6.30. The van der Waals surface area contributed by atoms with Gasteiger partial charge in [0.25, 0.3) is 0 Å². The molecule has 1 atom stereocenters. The van der Waals surface area contributed by atoms with Crippen molar-refractivity contribution in [3.8, 4) is 0 Å². The van der Waals surface area contributed by atoms with Gasteiger partial charge in [0.1, 0.15) is 0 Å². The van der Waals surface area contributed by atoms with Gasteiger partial charge in [-0.15, -0.1) is 0 Å². The minimum atomic E-state index is -0.0878. The summed E-state index contributed by atoms with van der Waals surface area (Å²) in [5.74, 6) is 0. The highest BCUT2D eigenvalue weighted by Crippen LogP contribution is 2.22. The van der Waals surface area contributed by atoms with Crippen molar-refractivity contribution in [2.24, 2.45) is 12.8 Å². The summed E-state index contributed by atoms with van der Waals surface area (Å²) < 4.78 is 1.86. The third-order valence-corrected chi connectivity index (χ3v) is 3.33. The molecule has 2 rings (SSSR count). The second-order valence-electron chi connectivity index (χ2n) is 4.39. The van der Waals surface area contributed by atoms with Crippen LogP contribution in [0.2, 0.25) is 0 Å². The summed E-state index contributed by atoms with van der Waals surface area (Å²) in [5.41, 5.74) is 11.0. The SMILES string of the molecule is CCc1cccc(C(N)c2cnn(C)c2C)c1. The summed E-state index contributed by atoms with van der Waals surface area (Å²) in [6.07, 6.45) is 2.89. The van der Waals surface area contributed by atoms with Gasteiger partial charge in [-0.2, -0.15) is 5.10 Å². The van der Waals surface area contributed by atoms with Crippen LogP contribution in [0.4, 0.5) is 0 Å². The molecule has 3 nitrogen and oxygen atoms in total. The molecule has 0 amide bonds. The molecule has 1 heterocycles. The van der Waals surface area contributed by atoms with E-state index < -0.39 is 0 Å². The number of nitrogens with two attached hydrogens (primary N) is 1. The Labute approximate surface area is 102 Å². The topological polar surface area (TPSA) is 43.8 Å². The quantitative estimate of drug-likeness (QED) is 0.878. The van der Waals surface area contributed by atoms with Crippen molar-refractivity contribution in [3.05, 3.63) is 52.8 Å². The Morgan fingerprint density at radius 1 is 1.41 bits per heavy atom. The fraction of sp³-hybridized carbons (Fsp3) is 0.357. The van der Waals surface area contributed by atoms with E-state index in [-0.39, 0.29) is 6.04 Å². The fourth-order valence-corrected chi connectivity index (χ4v) is 2.01. The molecule has 0 spiro atoms. The van der Waals surface area contributed by atoms with Crippen molar-refractivity contribution in [2.45, 2.75) is 26.3 Å². The number of hydrogen-bond acceptors (Lipinski definition) is 2. The highest BCUT2D eigenvalue weighted by Gasteiger charge is 2.14. The second-order valence-corrected chi connectivity index (χ2v) is 4.39. The van der Waals surface area contributed by atoms with Crippen LogP contribution in [0.15, 0.2) is 30.5 Å². The highest BCUT2D eigenvalue weighted by molar-refractivity contribution is 5.34. The van der Waals surface area contributed by atoms with E-state index in [2.05, 4.69) is 36.3 Å². The van der Waals surface area contributed by atoms with Crippen molar-refractivity contribution in [1.82, 2.24) is 9.78 Å². The summed E-state index contributed by atoms with van der Waals surface area (Å²) in [5, 5.41) is 4.24. The molecule has 0 bridgehead atoms. The van der Waals surface area contributed by atoms with Crippen LogP contribution >= 0.6 is 0 Å². The molecule has 2 aromatic rings. The van der Waals surface area contributed by atoms with Crippen LogP contribution in [0.25, 0.3) is 0 Å². The Morgan fingerprint density at radius 2 is 2.18 bits per heavy atom. The van der Waals surface area contributed by atoms with Gasteiger partial charge >= 0.3 is 0 Å². The van der Waals surface area contributed by atoms with Crippen LogP contribution in [-0.2, 0) is 13.5 Å². The van der Waals surface area contributed by atoms with Crippen LogP contribution in [0.3, 0.4) is 0 Å². The summed E-state index contributed by atoms with van der Waals surface area (Å²) >= 11 is 0. The standard InChI is InChI=1S/C14H19N3/c1-4-11-6-5-7-12(8-11)14(15)13-9-16-17(3)10(13)2/h5-9,14H,4,15H2,1-3H3. The Balaban J connectivity index is 2.36. The van der Waals surface area contributed by atoms with Crippen molar-refractivity contribution in [2.75, 3.05) is 0 Å². The number of rotatable bonds is 3. The molecule has 0 saturated heterocycles. The van der Waals surface area contributed by atoms with Gasteiger partial charge in [-0.3, -0.25) is 4.68 Å². The lowest BCUT2D eigenvalue weighted by molar-refractivity contribution is 0.734. The lowest BCUT2D eigenvalue weighted by atomic mass is 9.98. The average Bonchev–Trinajstić information content (AvgIpc) is 2.69. The number of aromatic nitrogens is 2. The Hall–Kier alpha value is -1.61. The van der Waals surface area contributed by atoms with Crippen molar-refractivity contribution < 1.29 is 0 Å². The van der Waals surface area contributed by atoms with Gasteiger partial charge in [0.15, 0.2) is 0 Å². The number of aryl methyl sites for hydroxylation is 2. The van der Waals surface area contributed by atoms with Crippen molar-refractivity contribution in [3.63, 3.8) is 0 Å². The maximum atomic E-state index is 6.30. The van der Waals surface area contributed by atoms with E-state index in [1.54, 1.807) is 0 Å². The monoisotopic (exact) mass is 229 g/mol. The highest BCUT2D eigenvalue weighted by atomic mass is 15.3. The van der Waals surface area contributed by atoms with Crippen LogP contribution in [0.1, 0.15) is 35.3 Å². The van der Waals surface area contributed by atoms with Crippen LogP contribution < -0.4 is 5.73 Å². The normalized spacial score (nSPS) is 12.7. The number of benzene rings is 1. The van der Waals surface area contributed by atoms with E-state index in [9.17, 15) is 0 Å². The minimum absolute atomic E-state index is 0.0878. The summed E-state index contributed by atoms with van der Waals surface area (Å²) in [4.78, 5) is 0. The zero-order valence-corrected chi connectivity index (χ0v) is 10.6. The second kappa shape index (κ2) is 4.72. The van der Waals surface area contributed by atoms with E-state index in [0.29, 0.717) is 0 Å². The van der Waals surface area contributed by atoms with Gasteiger partial charge < -0.3 is 5.73 Å². The first-order valence-corrected chi connectivity index (χ1v) is 5.96. The molecule has 1 unspecified atom stereocenters. The van der Waals surface area contributed by atoms with E-state index in [0.717, 1.165) is 23.2 Å². The molecule has 0 saturated carbocycles. The zero-order valence-electron chi connectivity index (χ0n) is 10.6. The van der Waals surface area contributed by atoms with Crippen LogP contribution in [0, 0.1) is 6.92 Å². The van der Waals surface area contributed by atoms with E-state index in [4.69, 9.17) is 5.73 Å². The molecule has 0 aliphatic heterocycles. The first kappa shape index (κ1) is 11.9. The molecule has 0 radical (unpaired) electrons. The molecule has 1 aromatic carbocycles. The van der Waals surface area contributed by atoms with E-state index in [1.165, 1.54) is 5.56 Å². The summed E-state index contributed by atoms with van der Waals surface area (Å²) in [6, 6.07) is 8.37. The van der Waals surface area contributed by atoms with Crippen molar-refractivity contribution >= 4 is 0 Å². The Morgan fingerprint density at radius 3 is 2.76 bits per heavy atom. The minimum Gasteiger partial charge on any atom is -0.320 e. The van der Waals surface area contributed by atoms with Crippen LogP contribution in [-0.4, -0.2) is 9.78 Å². The van der Waals surface area contributed by atoms with Gasteiger partial charge in [0.05, 0.1) is 12.2 Å². The van der Waals surface area contributed by atoms with Crippen LogP contribution in [0.5, 0.6) is 0 Å². The Bertz CT molecular complexity index is 514. The third kappa shape index (κ3) is 2.24. The largest absolute Gasteiger partial charge is 0.320 e. The number of nitrogens with zero attached hydrogens (tertiary/aromatic N) is 2. The van der Waals surface area contributed by atoms with Gasteiger partial charge in [-0.1, -0.05) is 31.2 Å². The van der Waals surface area contributed by atoms with Gasteiger partial charge in [-0.25, -0.2) is 0 Å². The molecule has 0 fully saturated rings. The smallest absolute Gasteiger partial charge is 0.0585 e. The maximum Gasteiger partial charge on any atom is 0.0585 e. The molecule has 0 aliphatic carbocycles. The van der Waals surface area contributed by atoms with E-state index >= 15 is 0 Å². The van der Waals surface area contributed by atoms with Gasteiger partial charge in [-0.05, 0) is 24.5 Å². The summed E-state index contributed by atoms with van der Waals surface area (Å²) in [7, 11) is 1.94. The predicted octanol–water partition coefficient (Wildman–Crippen LogP) is 2.34. The Kier molecular flexibility index (Phi) is 3.29. The number of hydrogen-bond donors (Lipinski definition) is 1. The molecule has 17 heavy (non-hydrogen) atoms. The molecule has 3 heteroatoms. The van der Waals surface area contributed by atoms with Gasteiger partial charge in [0, 0.05) is 18.3 Å². The average molecular weight is 229 g/mol. The molecule has 90 valence electrons. The fourth-order valence-electron chi connectivity index (χ4n) is 2.01. The van der Waals surface area contributed by atoms with Gasteiger partial charge in [0.2, 0.25) is 0 Å². The first-order valence-electron chi connectivity index (χ1n) is 5.96. The molecular formula is C14H19N3. The molecule has 1 aromatic heterocycles. The third-order valence-electron chi connectivity index (χ3n) is 3.33. The first-order chi connectivity index (χ1) is 8.13. The molecular weight excluding hydrogens is 210 g/mol.